The SMILES string of the molecule is CCOC(=O)N1CCN(C(=O)C(CCC(=O)O)NC(=O)c2cc(OCC(=O)N3CC[C@H](O)[C@H]3C(=O)O)c3ccccc3n2)CC1. The molecule has 0 aliphatic carbocycles. The van der Waals surface area contributed by atoms with E-state index in [1.54, 1.807) is 31.2 Å². The summed E-state index contributed by atoms with van der Waals surface area (Å²) in [5, 5.41) is 31.7. The Balaban J connectivity index is 1.50. The van der Waals surface area contributed by atoms with Gasteiger partial charge in [-0.1, -0.05) is 12.1 Å². The van der Waals surface area contributed by atoms with Crippen LogP contribution < -0.4 is 10.1 Å². The fourth-order valence-corrected chi connectivity index (χ4v) is 5.26. The van der Waals surface area contributed by atoms with Gasteiger partial charge in [0.25, 0.3) is 11.8 Å². The molecule has 4 rings (SSSR count). The van der Waals surface area contributed by atoms with Gasteiger partial charge in [-0.3, -0.25) is 19.2 Å². The molecule has 0 saturated carbocycles. The molecule has 45 heavy (non-hydrogen) atoms. The van der Waals surface area contributed by atoms with Crippen LogP contribution in [0.15, 0.2) is 30.3 Å². The van der Waals surface area contributed by atoms with E-state index in [1.807, 2.05) is 0 Å². The van der Waals surface area contributed by atoms with Crippen LogP contribution in [0.3, 0.4) is 0 Å². The predicted octanol–water partition coefficient (Wildman–Crippen LogP) is -0.0761. The number of likely N-dealkylation sites (tertiary alicyclic amines) is 1. The molecule has 3 atom stereocenters. The van der Waals surface area contributed by atoms with Crippen LogP contribution in [-0.2, 0) is 23.9 Å². The van der Waals surface area contributed by atoms with Crippen molar-refractivity contribution in [1.29, 1.82) is 0 Å². The van der Waals surface area contributed by atoms with Gasteiger partial charge in [0, 0.05) is 50.6 Å². The molecule has 0 radical (unpaired) electrons. The van der Waals surface area contributed by atoms with Crippen LogP contribution in [0.1, 0.15) is 36.7 Å². The summed E-state index contributed by atoms with van der Waals surface area (Å²) in [6.07, 6.45) is -2.20. The summed E-state index contributed by atoms with van der Waals surface area (Å²) in [6.45, 7) is 2.09. The highest BCUT2D eigenvalue weighted by Gasteiger charge is 2.41. The number of aliphatic hydroxyl groups is 1. The van der Waals surface area contributed by atoms with Crippen LogP contribution in [0.2, 0.25) is 0 Å². The van der Waals surface area contributed by atoms with E-state index in [4.69, 9.17) is 9.47 Å². The van der Waals surface area contributed by atoms with E-state index in [9.17, 15) is 44.1 Å². The predicted molar refractivity (Wildman–Crippen MR) is 154 cm³/mol. The second-order valence-electron chi connectivity index (χ2n) is 10.5. The molecule has 0 spiro atoms. The summed E-state index contributed by atoms with van der Waals surface area (Å²) in [6, 6.07) is 5.28. The number of fused-ring (bicyclic) bond motifs is 1. The number of carbonyl (C=O) groups is 6. The second-order valence-corrected chi connectivity index (χ2v) is 10.5. The molecule has 16 heteroatoms. The highest BCUT2D eigenvalue weighted by atomic mass is 16.6. The number of rotatable bonds is 11. The number of ether oxygens (including phenoxy) is 2. The second kappa shape index (κ2) is 14.7. The zero-order chi connectivity index (χ0) is 32.7. The van der Waals surface area contributed by atoms with Gasteiger partial charge < -0.3 is 44.8 Å². The molecular formula is C29H35N5O11. The fraction of sp³-hybridized carbons (Fsp3) is 0.483. The molecule has 2 aromatic rings. The van der Waals surface area contributed by atoms with E-state index >= 15 is 0 Å². The topological polar surface area (TPSA) is 216 Å². The number of carboxylic acids is 2. The molecule has 1 unspecified atom stereocenters. The number of aromatic nitrogens is 1. The monoisotopic (exact) mass is 629 g/mol. The Bertz CT molecular complexity index is 1460. The minimum absolute atomic E-state index is 0.0364. The van der Waals surface area contributed by atoms with Crippen LogP contribution in [0.25, 0.3) is 10.9 Å². The first-order valence-corrected chi connectivity index (χ1v) is 14.5. The smallest absolute Gasteiger partial charge is 0.409 e. The largest absolute Gasteiger partial charge is 0.483 e. The first kappa shape index (κ1) is 32.9. The summed E-state index contributed by atoms with van der Waals surface area (Å²) in [4.78, 5) is 82.8. The molecule has 3 heterocycles. The molecule has 2 fully saturated rings. The molecule has 1 aromatic heterocycles. The first-order valence-electron chi connectivity index (χ1n) is 14.5. The highest BCUT2D eigenvalue weighted by Crippen LogP contribution is 2.26. The number of para-hydroxylation sites is 1. The normalized spacial score (nSPS) is 18.8. The number of hydrogen-bond acceptors (Lipinski definition) is 10. The van der Waals surface area contributed by atoms with Crippen molar-refractivity contribution in [2.45, 2.75) is 44.4 Å². The van der Waals surface area contributed by atoms with E-state index in [1.165, 1.54) is 15.9 Å². The Kier molecular flexibility index (Phi) is 10.7. The molecular weight excluding hydrogens is 594 g/mol. The van der Waals surface area contributed by atoms with Gasteiger partial charge in [0.1, 0.15) is 17.5 Å². The maximum atomic E-state index is 13.4. The first-order chi connectivity index (χ1) is 21.5. The Morgan fingerprint density at radius 1 is 1.02 bits per heavy atom. The molecule has 4 N–H and O–H groups in total. The van der Waals surface area contributed by atoms with E-state index in [0.717, 1.165) is 4.90 Å². The van der Waals surface area contributed by atoms with Crippen molar-refractivity contribution in [3.8, 4) is 5.75 Å². The summed E-state index contributed by atoms with van der Waals surface area (Å²) < 4.78 is 10.7. The number of benzene rings is 1. The van der Waals surface area contributed by atoms with Gasteiger partial charge in [0.05, 0.1) is 18.2 Å². The Hall–Kier alpha value is -4.99. The lowest BCUT2D eigenvalue weighted by molar-refractivity contribution is -0.151. The molecule has 2 aliphatic heterocycles. The lowest BCUT2D eigenvalue weighted by atomic mass is 10.1. The summed E-state index contributed by atoms with van der Waals surface area (Å²) in [5.74, 6) is -4.39. The third-order valence-corrected chi connectivity index (χ3v) is 7.57. The van der Waals surface area contributed by atoms with Crippen LogP contribution in [0.4, 0.5) is 4.79 Å². The number of aliphatic hydroxyl groups excluding tert-OH is 1. The molecule has 2 aliphatic rings. The van der Waals surface area contributed by atoms with E-state index in [2.05, 4.69) is 10.3 Å². The van der Waals surface area contributed by atoms with Crippen molar-refractivity contribution in [2.75, 3.05) is 45.9 Å². The number of carboxylic acid groups (broad SMARTS) is 2. The van der Waals surface area contributed by atoms with Gasteiger partial charge in [-0.25, -0.2) is 14.6 Å². The van der Waals surface area contributed by atoms with Gasteiger partial charge in [-0.05, 0) is 31.9 Å². The third kappa shape index (κ3) is 7.94. The van der Waals surface area contributed by atoms with Gasteiger partial charge in [0.2, 0.25) is 5.91 Å². The van der Waals surface area contributed by atoms with Gasteiger partial charge in [-0.2, -0.15) is 0 Å². The van der Waals surface area contributed by atoms with E-state index in [-0.39, 0.29) is 63.6 Å². The molecule has 2 saturated heterocycles. The zero-order valence-corrected chi connectivity index (χ0v) is 24.6. The minimum atomic E-state index is -1.40. The molecule has 0 bridgehead atoms. The maximum absolute atomic E-state index is 13.4. The quantitative estimate of drug-likeness (QED) is 0.257. The number of piperazine rings is 1. The molecule has 1 aromatic carbocycles. The van der Waals surface area contributed by atoms with Gasteiger partial charge in [-0.15, -0.1) is 0 Å². The summed E-state index contributed by atoms with van der Waals surface area (Å²) >= 11 is 0. The van der Waals surface area contributed by atoms with Crippen molar-refractivity contribution in [3.05, 3.63) is 36.0 Å². The lowest BCUT2D eigenvalue weighted by Gasteiger charge is -2.35. The fourth-order valence-electron chi connectivity index (χ4n) is 5.26. The Morgan fingerprint density at radius 2 is 1.71 bits per heavy atom. The number of nitrogens with one attached hydrogen (secondary N) is 1. The Labute approximate surface area is 257 Å². The van der Waals surface area contributed by atoms with E-state index < -0.39 is 67.0 Å². The van der Waals surface area contributed by atoms with Crippen molar-refractivity contribution in [1.82, 2.24) is 25.0 Å². The van der Waals surface area contributed by atoms with Crippen LogP contribution in [0.5, 0.6) is 5.75 Å². The zero-order valence-electron chi connectivity index (χ0n) is 24.6. The molecule has 242 valence electrons. The number of carbonyl (C=O) groups excluding carboxylic acids is 4. The highest BCUT2D eigenvalue weighted by molar-refractivity contribution is 5.99. The number of pyridine rings is 1. The molecule has 16 nitrogen and oxygen atoms in total. The molecule has 4 amide bonds. The summed E-state index contributed by atoms with van der Waals surface area (Å²) in [5.41, 5.74) is 0.160. The van der Waals surface area contributed by atoms with Crippen LogP contribution in [-0.4, -0.2) is 135 Å². The lowest BCUT2D eigenvalue weighted by Crippen LogP contribution is -2.56. The van der Waals surface area contributed by atoms with Gasteiger partial charge >= 0.3 is 18.0 Å². The minimum Gasteiger partial charge on any atom is -0.483 e. The van der Waals surface area contributed by atoms with Crippen molar-refractivity contribution in [2.24, 2.45) is 0 Å². The maximum Gasteiger partial charge on any atom is 0.409 e. The van der Waals surface area contributed by atoms with Crippen molar-refractivity contribution in [3.63, 3.8) is 0 Å². The number of nitrogens with zero attached hydrogens (tertiary/aromatic N) is 4. The summed E-state index contributed by atoms with van der Waals surface area (Å²) in [7, 11) is 0. The van der Waals surface area contributed by atoms with E-state index in [0.29, 0.717) is 10.9 Å². The number of aliphatic carboxylic acids is 2. The Morgan fingerprint density at radius 3 is 2.38 bits per heavy atom. The average Bonchev–Trinajstić information content (AvgIpc) is 3.42. The van der Waals surface area contributed by atoms with Crippen LogP contribution >= 0.6 is 0 Å². The number of amides is 4. The number of hydrogen-bond donors (Lipinski definition) is 4. The van der Waals surface area contributed by atoms with Gasteiger partial charge in [0.15, 0.2) is 12.6 Å². The average molecular weight is 630 g/mol. The van der Waals surface area contributed by atoms with Crippen molar-refractivity contribution >= 4 is 46.7 Å². The van der Waals surface area contributed by atoms with Crippen molar-refractivity contribution < 1.29 is 53.6 Å². The van der Waals surface area contributed by atoms with Crippen LogP contribution in [0, 0.1) is 0 Å². The third-order valence-electron chi connectivity index (χ3n) is 7.57. The standard InChI is InChI=1S/C29H35N5O11/c1-2-44-29(43)33-13-11-32(12-14-33)27(40)19(7-8-24(37)38)31-26(39)20-15-22(17-5-3-4-6-18(17)30-20)45-16-23(36)34-10-9-21(35)25(34)28(41)42/h3-6,15,19,21,25,35H,2,7-14,16H2,1H3,(H,31,39)(H,37,38)(H,41,42)/t19?,21-,25-/m0/s1.